The maximum Gasteiger partial charge on any atom is 0.216 e. The maximum atomic E-state index is 11.8. The van der Waals surface area contributed by atoms with Gasteiger partial charge in [-0.25, -0.2) is 8.42 Å². The molecule has 4 heteroatoms. The molecule has 1 saturated heterocycles. The van der Waals surface area contributed by atoms with Crippen LogP contribution in [0.5, 0.6) is 0 Å². The fourth-order valence-corrected chi connectivity index (χ4v) is 3.25. The van der Waals surface area contributed by atoms with Crippen LogP contribution in [0.3, 0.4) is 0 Å². The Hall–Kier alpha value is -0.0900. The molecule has 1 aliphatic heterocycles. The molecule has 1 rings (SSSR count). The van der Waals surface area contributed by atoms with Gasteiger partial charge in [0.2, 0.25) is 10.0 Å². The van der Waals surface area contributed by atoms with Gasteiger partial charge in [0, 0.05) is 12.6 Å². The molecule has 1 unspecified atom stereocenters. The first-order valence-electron chi connectivity index (χ1n) is 4.97. The van der Waals surface area contributed by atoms with Gasteiger partial charge in [0.15, 0.2) is 0 Å². The number of piperidine rings is 1. The van der Waals surface area contributed by atoms with E-state index in [0.717, 1.165) is 19.3 Å². The first-order valence-corrected chi connectivity index (χ1v) is 6.47. The molecular weight excluding hydrogens is 186 g/mol. The van der Waals surface area contributed by atoms with Crippen molar-refractivity contribution in [2.24, 2.45) is 0 Å². The molecule has 0 radical (unpaired) electrons. The lowest BCUT2D eigenvalue weighted by atomic mass is 10.1. The normalized spacial score (nSPS) is 26.6. The molecule has 1 aliphatic rings. The Balaban J connectivity index is 2.80. The third kappa shape index (κ3) is 2.23. The van der Waals surface area contributed by atoms with Crippen LogP contribution in [0, 0.1) is 0 Å². The Morgan fingerprint density at radius 3 is 2.38 bits per heavy atom. The Morgan fingerprint density at radius 1 is 1.31 bits per heavy atom. The van der Waals surface area contributed by atoms with Crippen LogP contribution in [0.1, 0.15) is 40.0 Å². The van der Waals surface area contributed by atoms with Crippen LogP contribution in [-0.2, 0) is 10.0 Å². The zero-order chi connectivity index (χ0) is 10.1. The summed E-state index contributed by atoms with van der Waals surface area (Å²) in [6.45, 7) is 6.20. The molecule has 0 bridgehead atoms. The Labute approximate surface area is 81.2 Å². The molecule has 0 spiro atoms. The summed E-state index contributed by atoms with van der Waals surface area (Å²) in [6.07, 6.45) is 3.17. The monoisotopic (exact) mass is 205 g/mol. The lowest BCUT2D eigenvalue weighted by molar-refractivity contribution is 0.267. The summed E-state index contributed by atoms with van der Waals surface area (Å²) in [6, 6.07) is 0.196. The lowest BCUT2D eigenvalue weighted by Gasteiger charge is -2.33. The summed E-state index contributed by atoms with van der Waals surface area (Å²) >= 11 is 0. The highest BCUT2D eigenvalue weighted by molar-refractivity contribution is 7.89. The summed E-state index contributed by atoms with van der Waals surface area (Å²) in [4.78, 5) is 0. The zero-order valence-corrected chi connectivity index (χ0v) is 9.47. The van der Waals surface area contributed by atoms with E-state index in [1.54, 1.807) is 18.2 Å². The highest BCUT2D eigenvalue weighted by Gasteiger charge is 2.31. The Bertz CT molecular complexity index is 259. The quantitative estimate of drug-likeness (QED) is 0.686. The van der Waals surface area contributed by atoms with Gasteiger partial charge in [-0.3, -0.25) is 0 Å². The largest absolute Gasteiger partial charge is 0.216 e. The lowest BCUT2D eigenvalue weighted by Crippen LogP contribution is -2.45. The molecule has 1 atom stereocenters. The van der Waals surface area contributed by atoms with Crippen molar-refractivity contribution in [1.82, 2.24) is 4.31 Å². The van der Waals surface area contributed by atoms with Crippen molar-refractivity contribution in [3.05, 3.63) is 0 Å². The number of nitrogens with zero attached hydrogens (tertiary/aromatic N) is 1. The van der Waals surface area contributed by atoms with E-state index in [1.165, 1.54) is 0 Å². The summed E-state index contributed by atoms with van der Waals surface area (Å²) in [5.74, 6) is 0. The van der Waals surface area contributed by atoms with Crippen LogP contribution >= 0.6 is 0 Å². The molecule has 0 aromatic carbocycles. The van der Waals surface area contributed by atoms with Gasteiger partial charge in [-0.05, 0) is 33.6 Å². The summed E-state index contributed by atoms with van der Waals surface area (Å²) in [5.41, 5.74) is 0. The van der Waals surface area contributed by atoms with Gasteiger partial charge in [0.05, 0.1) is 5.25 Å². The van der Waals surface area contributed by atoms with Gasteiger partial charge in [-0.2, -0.15) is 4.31 Å². The van der Waals surface area contributed by atoms with Crippen LogP contribution in [0.4, 0.5) is 0 Å². The standard InChI is InChI=1S/C9H19NO2S/c1-8(2)13(11,12)10-7-5-4-6-9(10)3/h8-9H,4-7H2,1-3H3. The fraction of sp³-hybridized carbons (Fsp3) is 1.00. The Morgan fingerprint density at radius 2 is 1.92 bits per heavy atom. The van der Waals surface area contributed by atoms with Gasteiger partial charge in [-0.15, -0.1) is 0 Å². The van der Waals surface area contributed by atoms with E-state index in [0.29, 0.717) is 6.54 Å². The molecule has 0 amide bonds. The van der Waals surface area contributed by atoms with Gasteiger partial charge in [-0.1, -0.05) is 6.42 Å². The van der Waals surface area contributed by atoms with Crippen molar-refractivity contribution in [3.8, 4) is 0 Å². The van der Waals surface area contributed by atoms with Gasteiger partial charge in [0.25, 0.3) is 0 Å². The highest BCUT2D eigenvalue weighted by atomic mass is 32.2. The predicted molar refractivity (Wildman–Crippen MR) is 54.1 cm³/mol. The number of hydrogen-bond donors (Lipinski definition) is 0. The third-order valence-electron chi connectivity index (χ3n) is 2.66. The molecule has 0 aromatic heterocycles. The van der Waals surface area contributed by atoms with E-state index < -0.39 is 10.0 Å². The molecule has 0 aromatic rings. The van der Waals surface area contributed by atoms with Crippen LogP contribution in [0.15, 0.2) is 0 Å². The first kappa shape index (κ1) is 11.0. The third-order valence-corrected chi connectivity index (χ3v) is 5.05. The molecule has 1 fully saturated rings. The van der Waals surface area contributed by atoms with Crippen molar-refractivity contribution in [3.63, 3.8) is 0 Å². The van der Waals surface area contributed by atoms with Crippen LogP contribution in [-0.4, -0.2) is 30.6 Å². The molecule has 0 aliphatic carbocycles. The first-order chi connectivity index (χ1) is 5.96. The smallest absolute Gasteiger partial charge is 0.212 e. The average Bonchev–Trinajstić information content (AvgIpc) is 2.04. The van der Waals surface area contributed by atoms with E-state index in [2.05, 4.69) is 0 Å². The fourth-order valence-electron chi connectivity index (χ4n) is 1.72. The van der Waals surface area contributed by atoms with Gasteiger partial charge < -0.3 is 0 Å². The molecule has 13 heavy (non-hydrogen) atoms. The second kappa shape index (κ2) is 3.96. The molecular formula is C9H19NO2S. The van der Waals surface area contributed by atoms with Crippen molar-refractivity contribution in [1.29, 1.82) is 0 Å². The number of hydrogen-bond acceptors (Lipinski definition) is 2. The van der Waals surface area contributed by atoms with E-state index in [-0.39, 0.29) is 11.3 Å². The number of rotatable bonds is 2. The highest BCUT2D eigenvalue weighted by Crippen LogP contribution is 2.22. The van der Waals surface area contributed by atoms with Crippen LogP contribution in [0.25, 0.3) is 0 Å². The van der Waals surface area contributed by atoms with Gasteiger partial charge in [0.1, 0.15) is 0 Å². The zero-order valence-electron chi connectivity index (χ0n) is 8.66. The molecule has 78 valence electrons. The SMILES string of the molecule is CC1CCCCN1S(=O)(=O)C(C)C. The van der Waals surface area contributed by atoms with Crippen LogP contribution in [0.2, 0.25) is 0 Å². The summed E-state index contributed by atoms with van der Waals surface area (Å²) in [7, 11) is -3.02. The van der Waals surface area contributed by atoms with Crippen molar-refractivity contribution in [2.45, 2.75) is 51.3 Å². The minimum absolute atomic E-state index is 0.196. The molecule has 0 N–H and O–H groups in total. The average molecular weight is 205 g/mol. The molecule has 3 nitrogen and oxygen atoms in total. The Kier molecular flexibility index (Phi) is 3.35. The molecule has 0 saturated carbocycles. The van der Waals surface area contributed by atoms with Crippen LogP contribution < -0.4 is 0 Å². The van der Waals surface area contributed by atoms with Crippen molar-refractivity contribution in [2.75, 3.05) is 6.54 Å². The summed E-state index contributed by atoms with van der Waals surface area (Å²) in [5, 5.41) is -0.284. The van der Waals surface area contributed by atoms with Gasteiger partial charge >= 0.3 is 0 Å². The second-order valence-electron chi connectivity index (χ2n) is 4.05. The minimum atomic E-state index is -3.02. The molecule has 1 heterocycles. The van der Waals surface area contributed by atoms with E-state index in [4.69, 9.17) is 0 Å². The predicted octanol–water partition coefficient (Wildman–Crippen LogP) is 1.60. The van der Waals surface area contributed by atoms with E-state index in [1.807, 2.05) is 6.92 Å². The minimum Gasteiger partial charge on any atom is -0.212 e. The van der Waals surface area contributed by atoms with Crippen molar-refractivity contribution < 1.29 is 8.42 Å². The maximum absolute atomic E-state index is 11.8. The van der Waals surface area contributed by atoms with E-state index in [9.17, 15) is 8.42 Å². The second-order valence-corrected chi connectivity index (χ2v) is 6.49. The van der Waals surface area contributed by atoms with Crippen molar-refractivity contribution >= 4 is 10.0 Å². The topological polar surface area (TPSA) is 37.4 Å². The number of sulfonamides is 1. The van der Waals surface area contributed by atoms with E-state index >= 15 is 0 Å². The summed E-state index contributed by atoms with van der Waals surface area (Å²) < 4.78 is 25.3.